The van der Waals surface area contributed by atoms with Crippen LogP contribution < -0.4 is 4.90 Å². The lowest BCUT2D eigenvalue weighted by Crippen LogP contribution is -3.16. The zero-order valence-corrected chi connectivity index (χ0v) is 9.49. The highest BCUT2D eigenvalue weighted by atomic mass is 16.1. The van der Waals surface area contributed by atoms with Gasteiger partial charge in [-0.1, -0.05) is 30.3 Å². The van der Waals surface area contributed by atoms with Gasteiger partial charge in [-0.05, 0) is 5.92 Å². The van der Waals surface area contributed by atoms with Crippen LogP contribution in [-0.4, -0.2) is 25.4 Å². The lowest BCUT2D eigenvalue weighted by molar-refractivity contribution is -0.919. The second kappa shape index (κ2) is 4.02. The molecule has 16 heavy (non-hydrogen) atoms. The van der Waals surface area contributed by atoms with Crippen LogP contribution in [0.5, 0.6) is 0 Å². The molecule has 2 nitrogen and oxygen atoms in total. The van der Waals surface area contributed by atoms with Crippen molar-refractivity contribution >= 4 is 5.78 Å². The summed E-state index contributed by atoms with van der Waals surface area (Å²) in [6, 6.07) is 9.80. The van der Waals surface area contributed by atoms with Crippen LogP contribution in [-0.2, 0) is 0 Å². The Labute approximate surface area is 96.3 Å². The van der Waals surface area contributed by atoms with Crippen molar-refractivity contribution in [3.8, 4) is 0 Å². The quantitative estimate of drug-likeness (QED) is 0.725. The van der Waals surface area contributed by atoms with Crippen molar-refractivity contribution in [1.29, 1.82) is 0 Å². The molecule has 3 heterocycles. The maximum absolute atomic E-state index is 12.4. The summed E-state index contributed by atoms with van der Waals surface area (Å²) in [4.78, 5) is 14.0. The third-order valence-electron chi connectivity index (χ3n) is 4.21. The largest absolute Gasteiger partial charge is 0.334 e. The molecule has 3 saturated heterocycles. The Morgan fingerprint density at radius 3 is 2.38 bits per heavy atom. The lowest BCUT2D eigenvalue weighted by Gasteiger charge is -2.41. The second-order valence-corrected chi connectivity index (χ2v) is 5.13. The van der Waals surface area contributed by atoms with Crippen molar-refractivity contribution in [2.75, 3.05) is 19.6 Å². The summed E-state index contributed by atoms with van der Waals surface area (Å²) in [5.41, 5.74) is 0.903. The molecule has 84 valence electrons. The third-order valence-corrected chi connectivity index (χ3v) is 4.21. The summed E-state index contributed by atoms with van der Waals surface area (Å²) in [6.45, 7) is 3.63. The molecular weight excluding hydrogens is 198 g/mol. The van der Waals surface area contributed by atoms with E-state index in [9.17, 15) is 4.79 Å². The predicted octanol–water partition coefficient (Wildman–Crippen LogP) is 0.794. The van der Waals surface area contributed by atoms with E-state index in [4.69, 9.17) is 0 Å². The van der Waals surface area contributed by atoms with E-state index in [1.54, 1.807) is 4.90 Å². The SMILES string of the molecule is O=C(c1ccccc1)[C@H]1C[NH+]2CCC1CC2. The van der Waals surface area contributed by atoms with Gasteiger partial charge in [0.2, 0.25) is 0 Å². The molecule has 0 radical (unpaired) electrons. The summed E-state index contributed by atoms with van der Waals surface area (Å²) >= 11 is 0. The molecule has 1 aromatic carbocycles. The monoisotopic (exact) mass is 216 g/mol. The Balaban J connectivity index is 1.81. The van der Waals surface area contributed by atoms with E-state index in [1.807, 2.05) is 30.3 Å². The van der Waals surface area contributed by atoms with Gasteiger partial charge in [-0.15, -0.1) is 0 Å². The van der Waals surface area contributed by atoms with Gasteiger partial charge in [-0.2, -0.15) is 0 Å². The molecule has 0 saturated carbocycles. The summed E-state index contributed by atoms with van der Waals surface area (Å²) in [5, 5.41) is 0. The van der Waals surface area contributed by atoms with Crippen molar-refractivity contribution in [3.63, 3.8) is 0 Å². The van der Waals surface area contributed by atoms with Crippen molar-refractivity contribution in [2.45, 2.75) is 12.8 Å². The number of ketones is 1. The zero-order chi connectivity index (χ0) is 11.0. The van der Waals surface area contributed by atoms with Gasteiger partial charge in [-0.3, -0.25) is 4.79 Å². The minimum atomic E-state index is 0.292. The number of carbonyl (C=O) groups is 1. The summed E-state index contributed by atoms with van der Waals surface area (Å²) in [7, 11) is 0. The molecule has 0 amide bonds. The fourth-order valence-electron chi connectivity index (χ4n) is 3.26. The standard InChI is InChI=1S/C14H17NO/c16-14(12-4-2-1-3-5-12)13-10-15-8-6-11(13)7-9-15/h1-5,11,13H,6-10H2/p+1/t13-/m0/s1. The average molecular weight is 216 g/mol. The van der Waals surface area contributed by atoms with Gasteiger partial charge >= 0.3 is 0 Å². The molecular formula is C14H18NO+. The topological polar surface area (TPSA) is 21.5 Å². The molecule has 0 spiro atoms. The van der Waals surface area contributed by atoms with Gasteiger partial charge in [0.05, 0.1) is 25.6 Å². The van der Waals surface area contributed by atoms with E-state index in [0.29, 0.717) is 17.6 Å². The number of quaternary nitrogens is 1. The highest BCUT2D eigenvalue weighted by molar-refractivity contribution is 5.98. The zero-order valence-electron chi connectivity index (χ0n) is 9.49. The Morgan fingerprint density at radius 2 is 1.81 bits per heavy atom. The van der Waals surface area contributed by atoms with Gasteiger partial charge in [0, 0.05) is 18.4 Å². The van der Waals surface area contributed by atoms with E-state index in [0.717, 1.165) is 12.1 Å². The molecule has 0 unspecified atom stereocenters. The number of carbonyl (C=O) groups excluding carboxylic acids is 1. The van der Waals surface area contributed by atoms with Crippen LogP contribution in [0.1, 0.15) is 23.2 Å². The molecule has 1 N–H and O–H groups in total. The predicted molar refractivity (Wildman–Crippen MR) is 62.6 cm³/mol. The number of benzene rings is 1. The number of nitrogens with one attached hydrogen (secondary N) is 1. The smallest absolute Gasteiger partial charge is 0.171 e. The highest BCUT2D eigenvalue weighted by Crippen LogP contribution is 2.26. The number of rotatable bonds is 2. The van der Waals surface area contributed by atoms with Gasteiger partial charge < -0.3 is 4.90 Å². The van der Waals surface area contributed by atoms with Crippen LogP contribution in [0.15, 0.2) is 30.3 Å². The van der Waals surface area contributed by atoms with Crippen molar-refractivity contribution < 1.29 is 9.69 Å². The fraction of sp³-hybridized carbons (Fsp3) is 0.500. The number of hydrogen-bond donors (Lipinski definition) is 1. The molecule has 3 fully saturated rings. The van der Waals surface area contributed by atoms with E-state index in [2.05, 4.69) is 0 Å². The molecule has 2 bridgehead atoms. The summed E-state index contributed by atoms with van der Waals surface area (Å²) in [6.07, 6.45) is 2.50. The normalized spacial score (nSPS) is 32.6. The van der Waals surface area contributed by atoms with Gasteiger partial charge in [0.1, 0.15) is 0 Å². The Kier molecular flexibility index (Phi) is 2.52. The molecule has 2 heteroatoms. The molecule has 1 atom stereocenters. The van der Waals surface area contributed by atoms with E-state index in [1.165, 1.54) is 25.9 Å². The van der Waals surface area contributed by atoms with Crippen molar-refractivity contribution in [2.24, 2.45) is 11.8 Å². The van der Waals surface area contributed by atoms with Crippen LogP contribution in [0.3, 0.4) is 0 Å². The van der Waals surface area contributed by atoms with Gasteiger partial charge in [0.15, 0.2) is 5.78 Å². The van der Waals surface area contributed by atoms with E-state index in [-0.39, 0.29) is 0 Å². The van der Waals surface area contributed by atoms with Crippen molar-refractivity contribution in [3.05, 3.63) is 35.9 Å². The molecule has 1 aromatic rings. The van der Waals surface area contributed by atoms with Crippen molar-refractivity contribution in [1.82, 2.24) is 0 Å². The third kappa shape index (κ3) is 1.67. The van der Waals surface area contributed by atoms with Crippen LogP contribution in [0, 0.1) is 11.8 Å². The van der Waals surface area contributed by atoms with Crippen LogP contribution in [0.25, 0.3) is 0 Å². The molecule has 3 aliphatic heterocycles. The Bertz CT molecular complexity index is 379. The first-order valence-corrected chi connectivity index (χ1v) is 6.27. The number of hydrogen-bond acceptors (Lipinski definition) is 1. The number of Topliss-reactive ketones (excluding diaryl/α,β-unsaturated/α-hetero) is 1. The van der Waals surface area contributed by atoms with Crippen LogP contribution in [0.4, 0.5) is 0 Å². The minimum absolute atomic E-state index is 0.292. The Morgan fingerprint density at radius 1 is 1.12 bits per heavy atom. The lowest BCUT2D eigenvalue weighted by atomic mass is 9.75. The Hall–Kier alpha value is -1.15. The van der Waals surface area contributed by atoms with Crippen LogP contribution >= 0.6 is 0 Å². The van der Waals surface area contributed by atoms with Gasteiger partial charge in [0.25, 0.3) is 0 Å². The first-order chi connectivity index (χ1) is 7.84. The highest BCUT2D eigenvalue weighted by Gasteiger charge is 2.41. The first kappa shape index (κ1) is 10.0. The summed E-state index contributed by atoms with van der Waals surface area (Å²) < 4.78 is 0. The van der Waals surface area contributed by atoms with E-state index < -0.39 is 0 Å². The maximum atomic E-state index is 12.4. The molecule has 3 aliphatic rings. The second-order valence-electron chi connectivity index (χ2n) is 5.13. The maximum Gasteiger partial charge on any atom is 0.171 e. The minimum Gasteiger partial charge on any atom is -0.334 e. The molecule has 0 aromatic heterocycles. The average Bonchev–Trinajstić information content (AvgIpc) is 2.40. The van der Waals surface area contributed by atoms with E-state index >= 15 is 0 Å². The first-order valence-electron chi connectivity index (χ1n) is 6.27. The molecule has 4 rings (SSSR count). The number of fused-ring (bicyclic) bond motifs is 3. The fourth-order valence-corrected chi connectivity index (χ4v) is 3.26. The summed E-state index contributed by atoms with van der Waals surface area (Å²) in [5.74, 6) is 1.33. The van der Waals surface area contributed by atoms with Gasteiger partial charge in [-0.25, -0.2) is 0 Å². The molecule has 0 aliphatic carbocycles. The van der Waals surface area contributed by atoms with Crippen LogP contribution in [0.2, 0.25) is 0 Å². The number of piperidine rings is 3.